The van der Waals surface area contributed by atoms with Gasteiger partial charge in [0.25, 0.3) is 5.91 Å². The molecular weight excluding hydrogens is 384 g/mol. The number of carbonyl (C=O) groups excluding carboxylic acids is 2. The molecule has 0 saturated heterocycles. The molecule has 1 amide bonds. The summed E-state index contributed by atoms with van der Waals surface area (Å²) in [6.07, 6.45) is 2.81. The lowest BCUT2D eigenvalue weighted by Gasteiger charge is -2.09. The number of esters is 1. The first-order valence-corrected chi connectivity index (χ1v) is 8.47. The zero-order chi connectivity index (χ0) is 19.9. The minimum Gasteiger partial charge on any atom is -0.493 e. The van der Waals surface area contributed by atoms with Gasteiger partial charge >= 0.3 is 5.97 Å². The maximum absolute atomic E-state index is 12.0. The van der Waals surface area contributed by atoms with Gasteiger partial charge in [-0.25, -0.2) is 10.2 Å². The molecule has 3 rings (SSSR count). The molecule has 1 aromatic heterocycles. The Labute approximate surface area is 165 Å². The van der Waals surface area contributed by atoms with E-state index in [1.165, 1.54) is 31.7 Å². The first-order valence-electron chi connectivity index (χ1n) is 8.09. The second kappa shape index (κ2) is 8.88. The van der Waals surface area contributed by atoms with E-state index in [4.69, 9.17) is 25.5 Å². The molecular formula is C20H15ClN2O5. The minimum atomic E-state index is -0.640. The number of hydrogen-bond donors (Lipinski definition) is 1. The quantitative estimate of drug-likeness (QED) is 0.294. The lowest BCUT2D eigenvalue weighted by Crippen LogP contribution is -2.17. The number of furan rings is 1. The molecule has 0 radical (unpaired) electrons. The average Bonchev–Trinajstić information content (AvgIpc) is 3.24. The predicted octanol–water partition coefficient (Wildman–Crippen LogP) is 3.92. The molecule has 0 aliphatic rings. The Morgan fingerprint density at radius 1 is 1.11 bits per heavy atom. The lowest BCUT2D eigenvalue weighted by molar-refractivity contribution is 0.0696. The van der Waals surface area contributed by atoms with Crippen molar-refractivity contribution in [2.75, 3.05) is 7.11 Å². The van der Waals surface area contributed by atoms with Crippen LogP contribution in [0.3, 0.4) is 0 Å². The summed E-state index contributed by atoms with van der Waals surface area (Å²) in [5.41, 5.74) is 3.43. The number of halogens is 1. The van der Waals surface area contributed by atoms with Crippen molar-refractivity contribution in [1.82, 2.24) is 5.43 Å². The average molecular weight is 399 g/mol. The van der Waals surface area contributed by atoms with Gasteiger partial charge in [-0.05, 0) is 54.1 Å². The fourth-order valence-corrected chi connectivity index (χ4v) is 2.44. The number of nitrogens with one attached hydrogen (secondary N) is 1. The number of carbonyl (C=O) groups is 2. The van der Waals surface area contributed by atoms with Crippen LogP contribution in [0.2, 0.25) is 5.02 Å². The first-order chi connectivity index (χ1) is 13.6. The lowest BCUT2D eigenvalue weighted by atomic mass is 10.2. The van der Waals surface area contributed by atoms with Gasteiger partial charge in [-0.2, -0.15) is 5.10 Å². The molecule has 28 heavy (non-hydrogen) atoms. The zero-order valence-corrected chi connectivity index (χ0v) is 15.5. The molecule has 7 nitrogen and oxygen atoms in total. The molecule has 0 aliphatic heterocycles. The number of amides is 1. The molecule has 3 aromatic rings. The molecule has 142 valence electrons. The maximum atomic E-state index is 12.0. The Morgan fingerprint density at radius 2 is 1.96 bits per heavy atom. The molecule has 0 unspecified atom stereocenters. The number of hydrazone groups is 1. The normalized spacial score (nSPS) is 10.6. The predicted molar refractivity (Wildman–Crippen MR) is 103 cm³/mol. The van der Waals surface area contributed by atoms with Gasteiger partial charge in [-0.3, -0.25) is 4.79 Å². The zero-order valence-electron chi connectivity index (χ0n) is 14.7. The molecule has 0 saturated carbocycles. The topological polar surface area (TPSA) is 90.1 Å². The Kier molecular flexibility index (Phi) is 6.08. The molecule has 0 spiro atoms. The number of hydrogen-bond acceptors (Lipinski definition) is 6. The SMILES string of the molecule is COc1cc(/C=N\NC(=O)c2cccc(Cl)c2)ccc1OC(=O)c1ccco1. The largest absolute Gasteiger partial charge is 0.493 e. The highest BCUT2D eigenvalue weighted by Gasteiger charge is 2.14. The monoisotopic (exact) mass is 398 g/mol. The van der Waals surface area contributed by atoms with Crippen LogP contribution in [0.4, 0.5) is 0 Å². The fourth-order valence-electron chi connectivity index (χ4n) is 2.25. The van der Waals surface area contributed by atoms with E-state index in [2.05, 4.69) is 10.5 Å². The van der Waals surface area contributed by atoms with Crippen molar-refractivity contribution in [1.29, 1.82) is 0 Å². The van der Waals surface area contributed by atoms with Crippen molar-refractivity contribution in [3.8, 4) is 11.5 Å². The van der Waals surface area contributed by atoms with Gasteiger partial charge < -0.3 is 13.9 Å². The van der Waals surface area contributed by atoms with E-state index in [0.29, 0.717) is 21.9 Å². The van der Waals surface area contributed by atoms with E-state index < -0.39 is 11.9 Å². The standard InChI is InChI=1S/C20H15ClN2O5/c1-26-18-10-13(7-8-16(18)28-20(25)17-6-3-9-27-17)12-22-23-19(24)14-4-2-5-15(21)11-14/h2-12H,1H3,(H,23,24)/b22-12-. The van der Waals surface area contributed by atoms with Crippen LogP contribution in [0, 0.1) is 0 Å². The summed E-state index contributed by atoms with van der Waals surface area (Å²) in [4.78, 5) is 24.0. The van der Waals surface area contributed by atoms with E-state index in [9.17, 15) is 9.59 Å². The summed E-state index contributed by atoms with van der Waals surface area (Å²) in [5.74, 6) is -0.404. The van der Waals surface area contributed by atoms with Crippen LogP contribution in [0.1, 0.15) is 26.5 Å². The number of rotatable bonds is 6. The smallest absolute Gasteiger partial charge is 0.379 e. The van der Waals surface area contributed by atoms with Crippen LogP contribution in [0.15, 0.2) is 70.4 Å². The number of nitrogens with zero attached hydrogens (tertiary/aromatic N) is 1. The van der Waals surface area contributed by atoms with E-state index in [1.54, 1.807) is 42.5 Å². The van der Waals surface area contributed by atoms with Crippen LogP contribution in [0.5, 0.6) is 11.5 Å². The number of methoxy groups -OCH3 is 1. The van der Waals surface area contributed by atoms with Crippen LogP contribution in [-0.2, 0) is 0 Å². The van der Waals surface area contributed by atoms with Crippen molar-refractivity contribution in [3.63, 3.8) is 0 Å². The Hall–Kier alpha value is -3.58. The Morgan fingerprint density at radius 3 is 2.68 bits per heavy atom. The summed E-state index contributed by atoms with van der Waals surface area (Å²) >= 11 is 5.86. The highest BCUT2D eigenvalue weighted by Crippen LogP contribution is 2.28. The molecule has 2 aromatic carbocycles. The van der Waals surface area contributed by atoms with Gasteiger partial charge in [0.2, 0.25) is 5.76 Å². The van der Waals surface area contributed by atoms with Gasteiger partial charge in [0.15, 0.2) is 11.5 Å². The third-order valence-electron chi connectivity index (χ3n) is 3.58. The number of ether oxygens (including phenoxy) is 2. The molecule has 1 N–H and O–H groups in total. The third kappa shape index (κ3) is 4.77. The Bertz CT molecular complexity index is 1020. The van der Waals surface area contributed by atoms with Crippen molar-refractivity contribution >= 4 is 29.7 Å². The van der Waals surface area contributed by atoms with Crippen LogP contribution in [-0.4, -0.2) is 25.2 Å². The molecule has 0 fully saturated rings. The molecule has 1 heterocycles. The van der Waals surface area contributed by atoms with Crippen molar-refractivity contribution in [3.05, 3.63) is 82.8 Å². The van der Waals surface area contributed by atoms with Crippen LogP contribution in [0.25, 0.3) is 0 Å². The summed E-state index contributed by atoms with van der Waals surface area (Å²) in [5, 5.41) is 4.37. The number of benzene rings is 2. The summed E-state index contributed by atoms with van der Waals surface area (Å²) in [7, 11) is 1.45. The fraction of sp³-hybridized carbons (Fsp3) is 0.0500. The molecule has 0 atom stereocenters. The van der Waals surface area contributed by atoms with Crippen molar-refractivity contribution in [2.24, 2.45) is 5.10 Å². The molecule has 0 aliphatic carbocycles. The van der Waals surface area contributed by atoms with Gasteiger partial charge in [-0.15, -0.1) is 0 Å². The van der Waals surface area contributed by atoms with Gasteiger partial charge in [0, 0.05) is 10.6 Å². The molecule has 8 heteroatoms. The van der Waals surface area contributed by atoms with Crippen molar-refractivity contribution in [2.45, 2.75) is 0 Å². The second-order valence-corrected chi connectivity index (χ2v) is 5.92. The maximum Gasteiger partial charge on any atom is 0.379 e. The van der Waals surface area contributed by atoms with Gasteiger partial charge in [0.1, 0.15) is 0 Å². The van der Waals surface area contributed by atoms with Crippen LogP contribution < -0.4 is 14.9 Å². The minimum absolute atomic E-state index is 0.0800. The van der Waals surface area contributed by atoms with Crippen LogP contribution >= 0.6 is 11.6 Å². The third-order valence-corrected chi connectivity index (χ3v) is 3.81. The highest BCUT2D eigenvalue weighted by molar-refractivity contribution is 6.30. The van der Waals surface area contributed by atoms with E-state index >= 15 is 0 Å². The van der Waals surface area contributed by atoms with E-state index in [0.717, 1.165) is 0 Å². The Balaban J connectivity index is 1.67. The van der Waals surface area contributed by atoms with E-state index in [-0.39, 0.29) is 11.5 Å². The summed E-state index contributed by atoms with van der Waals surface area (Å²) in [6, 6.07) is 14.4. The first kappa shape index (κ1) is 19.2. The van der Waals surface area contributed by atoms with Gasteiger partial charge in [0.05, 0.1) is 19.6 Å². The van der Waals surface area contributed by atoms with E-state index in [1.807, 2.05) is 0 Å². The van der Waals surface area contributed by atoms with Gasteiger partial charge in [-0.1, -0.05) is 17.7 Å². The second-order valence-electron chi connectivity index (χ2n) is 5.49. The summed E-state index contributed by atoms with van der Waals surface area (Å²) < 4.78 is 15.5. The highest BCUT2D eigenvalue weighted by atomic mass is 35.5. The summed E-state index contributed by atoms with van der Waals surface area (Å²) in [6.45, 7) is 0. The van der Waals surface area contributed by atoms with Crippen molar-refractivity contribution < 1.29 is 23.5 Å². The molecule has 0 bridgehead atoms.